The van der Waals surface area contributed by atoms with Crippen molar-refractivity contribution < 1.29 is 19.7 Å². The number of allylic oxidation sites excluding steroid dienone is 2. The van der Waals surface area contributed by atoms with Crippen LogP contribution in [0.4, 0.5) is 0 Å². The third kappa shape index (κ3) is 6.83. The highest BCUT2D eigenvalue weighted by Crippen LogP contribution is 2.45. The van der Waals surface area contributed by atoms with E-state index < -0.39 is 6.10 Å². The molecule has 0 spiro atoms. The maximum atomic E-state index is 11.6. The summed E-state index contributed by atoms with van der Waals surface area (Å²) in [5, 5.41) is 20.2. The Morgan fingerprint density at radius 3 is 2.53 bits per heavy atom. The lowest BCUT2D eigenvalue weighted by atomic mass is 9.81. The second-order valence-corrected chi connectivity index (χ2v) is 9.87. The van der Waals surface area contributed by atoms with Gasteiger partial charge in [-0.3, -0.25) is 4.79 Å². The largest absolute Gasteiger partial charge is 0.463 e. The highest BCUT2D eigenvalue weighted by Gasteiger charge is 2.41. The summed E-state index contributed by atoms with van der Waals surface area (Å²) < 4.78 is 5.14. The number of aliphatic hydroxyl groups excluding tert-OH is 2. The fourth-order valence-corrected chi connectivity index (χ4v) is 4.57. The molecule has 0 radical (unpaired) electrons. The van der Waals surface area contributed by atoms with Crippen LogP contribution in [-0.4, -0.2) is 40.4 Å². The first-order chi connectivity index (χ1) is 14.2. The van der Waals surface area contributed by atoms with E-state index in [1.807, 2.05) is 39.8 Å². The standard InChI is InChI=1S/C25H37ClO4/c1-17(2)30-23(29)10-8-6-5-7-9-20-21(26)15-22(28)24(20)18-11-13-19(14-12-18)25(3,4)16-27/h5,7,11-14,17,20-22,24,27-28H,6,8-10,15-16H2,1-4H3/b7-5+. The van der Waals surface area contributed by atoms with E-state index in [1.54, 1.807) is 0 Å². The van der Waals surface area contributed by atoms with Crippen LogP contribution in [0.5, 0.6) is 0 Å². The first-order valence-electron chi connectivity index (χ1n) is 11.0. The Kier molecular flexibility index (Phi) is 9.39. The summed E-state index contributed by atoms with van der Waals surface area (Å²) in [6.45, 7) is 7.82. The zero-order valence-corrected chi connectivity index (χ0v) is 19.4. The molecule has 1 aliphatic rings. The highest BCUT2D eigenvalue weighted by molar-refractivity contribution is 6.21. The Bertz CT molecular complexity index is 696. The van der Waals surface area contributed by atoms with Gasteiger partial charge in [0.15, 0.2) is 0 Å². The van der Waals surface area contributed by atoms with Crippen molar-refractivity contribution in [2.45, 2.75) is 88.7 Å². The molecule has 1 aromatic rings. The van der Waals surface area contributed by atoms with E-state index in [0.717, 1.165) is 30.4 Å². The molecule has 4 nitrogen and oxygen atoms in total. The van der Waals surface area contributed by atoms with Gasteiger partial charge in [-0.15, -0.1) is 11.6 Å². The van der Waals surface area contributed by atoms with Gasteiger partial charge in [0.05, 0.1) is 18.8 Å². The number of halogens is 1. The Labute approximate surface area is 186 Å². The number of rotatable bonds is 10. The Morgan fingerprint density at radius 1 is 1.27 bits per heavy atom. The van der Waals surface area contributed by atoms with Crippen LogP contribution in [0.1, 0.15) is 76.8 Å². The van der Waals surface area contributed by atoms with Crippen LogP contribution < -0.4 is 0 Å². The minimum Gasteiger partial charge on any atom is -0.463 e. The third-order valence-electron chi connectivity index (χ3n) is 5.97. The van der Waals surface area contributed by atoms with E-state index in [0.29, 0.717) is 12.8 Å². The van der Waals surface area contributed by atoms with Crippen molar-refractivity contribution in [1.29, 1.82) is 0 Å². The first kappa shape index (κ1) is 24.9. The van der Waals surface area contributed by atoms with Gasteiger partial charge in [0.2, 0.25) is 0 Å². The maximum absolute atomic E-state index is 11.6. The Morgan fingerprint density at radius 2 is 1.93 bits per heavy atom. The predicted molar refractivity (Wildman–Crippen MR) is 122 cm³/mol. The summed E-state index contributed by atoms with van der Waals surface area (Å²) in [6, 6.07) is 8.21. The van der Waals surface area contributed by atoms with E-state index >= 15 is 0 Å². The third-order valence-corrected chi connectivity index (χ3v) is 6.47. The molecule has 1 fully saturated rings. The second-order valence-electron chi connectivity index (χ2n) is 9.31. The zero-order chi connectivity index (χ0) is 22.3. The molecule has 0 heterocycles. The number of aliphatic hydroxyl groups is 2. The minimum absolute atomic E-state index is 0.00413. The molecule has 1 aliphatic carbocycles. The zero-order valence-electron chi connectivity index (χ0n) is 18.7. The van der Waals surface area contributed by atoms with E-state index in [-0.39, 0.29) is 41.3 Å². The van der Waals surface area contributed by atoms with Crippen LogP contribution in [0.15, 0.2) is 36.4 Å². The molecular weight excluding hydrogens is 400 g/mol. The van der Waals surface area contributed by atoms with Crippen LogP contribution in [0.25, 0.3) is 0 Å². The molecule has 4 atom stereocenters. The fraction of sp³-hybridized carbons (Fsp3) is 0.640. The van der Waals surface area contributed by atoms with Crippen LogP contribution in [-0.2, 0) is 14.9 Å². The van der Waals surface area contributed by atoms with Crippen molar-refractivity contribution in [3.05, 3.63) is 47.5 Å². The number of carbonyl (C=O) groups is 1. The van der Waals surface area contributed by atoms with Crippen LogP contribution in [0, 0.1) is 5.92 Å². The van der Waals surface area contributed by atoms with Crippen molar-refractivity contribution in [2.24, 2.45) is 5.92 Å². The quantitative estimate of drug-likeness (QED) is 0.232. The van der Waals surface area contributed by atoms with Gasteiger partial charge in [0, 0.05) is 23.1 Å². The van der Waals surface area contributed by atoms with Gasteiger partial charge < -0.3 is 14.9 Å². The molecule has 0 bridgehead atoms. The average molecular weight is 437 g/mol. The number of carbonyl (C=O) groups excluding carboxylic acids is 1. The molecule has 2 rings (SSSR count). The molecule has 0 aliphatic heterocycles. The van der Waals surface area contributed by atoms with Crippen molar-refractivity contribution in [3.8, 4) is 0 Å². The molecule has 1 aromatic carbocycles. The Balaban J connectivity index is 1.94. The van der Waals surface area contributed by atoms with Crippen LogP contribution >= 0.6 is 11.6 Å². The molecule has 4 unspecified atom stereocenters. The number of unbranched alkanes of at least 4 members (excludes halogenated alkanes) is 1. The summed E-state index contributed by atoms with van der Waals surface area (Å²) in [6.07, 6.45) is 7.13. The topological polar surface area (TPSA) is 66.8 Å². The molecule has 1 saturated carbocycles. The number of hydrogen-bond donors (Lipinski definition) is 2. The molecule has 5 heteroatoms. The highest BCUT2D eigenvalue weighted by atomic mass is 35.5. The first-order valence-corrected chi connectivity index (χ1v) is 11.5. The minimum atomic E-state index is -0.451. The molecule has 30 heavy (non-hydrogen) atoms. The van der Waals surface area contributed by atoms with Crippen molar-refractivity contribution in [3.63, 3.8) is 0 Å². The lowest BCUT2D eigenvalue weighted by Gasteiger charge is -2.26. The number of benzene rings is 1. The number of hydrogen-bond acceptors (Lipinski definition) is 4. The molecule has 2 N–H and O–H groups in total. The van der Waals surface area contributed by atoms with Gasteiger partial charge in [-0.1, -0.05) is 50.3 Å². The van der Waals surface area contributed by atoms with E-state index in [4.69, 9.17) is 16.3 Å². The monoisotopic (exact) mass is 436 g/mol. The van der Waals surface area contributed by atoms with Crippen LogP contribution in [0.3, 0.4) is 0 Å². The van der Waals surface area contributed by atoms with E-state index in [1.165, 1.54) is 0 Å². The second kappa shape index (κ2) is 11.3. The summed E-state index contributed by atoms with van der Waals surface area (Å²) >= 11 is 6.59. The summed E-state index contributed by atoms with van der Waals surface area (Å²) in [5.41, 5.74) is 1.89. The van der Waals surface area contributed by atoms with Gasteiger partial charge >= 0.3 is 5.97 Å². The summed E-state index contributed by atoms with van der Waals surface area (Å²) in [7, 11) is 0. The van der Waals surface area contributed by atoms with Crippen molar-refractivity contribution in [2.75, 3.05) is 6.61 Å². The summed E-state index contributed by atoms with van der Waals surface area (Å²) in [4.78, 5) is 11.6. The van der Waals surface area contributed by atoms with Gasteiger partial charge in [0.1, 0.15) is 0 Å². The number of alkyl halides is 1. The molecular formula is C25H37ClO4. The fourth-order valence-electron chi connectivity index (χ4n) is 4.13. The van der Waals surface area contributed by atoms with Crippen molar-refractivity contribution >= 4 is 17.6 Å². The number of ether oxygens (including phenoxy) is 1. The molecule has 0 saturated heterocycles. The summed E-state index contributed by atoms with van der Waals surface area (Å²) in [5.74, 6) is 0.0241. The van der Waals surface area contributed by atoms with Crippen molar-refractivity contribution in [1.82, 2.24) is 0 Å². The van der Waals surface area contributed by atoms with Gasteiger partial charge in [-0.05, 0) is 56.6 Å². The molecule has 0 aromatic heterocycles. The number of esters is 1. The van der Waals surface area contributed by atoms with Gasteiger partial charge in [0.25, 0.3) is 0 Å². The smallest absolute Gasteiger partial charge is 0.306 e. The van der Waals surface area contributed by atoms with Crippen LogP contribution in [0.2, 0.25) is 0 Å². The van der Waals surface area contributed by atoms with E-state index in [9.17, 15) is 15.0 Å². The Hall–Kier alpha value is -1.36. The lowest BCUT2D eigenvalue weighted by molar-refractivity contribution is -0.147. The normalized spacial score (nSPS) is 24.7. The lowest BCUT2D eigenvalue weighted by Crippen LogP contribution is -2.22. The van der Waals surface area contributed by atoms with Gasteiger partial charge in [-0.2, -0.15) is 0 Å². The predicted octanol–water partition coefficient (Wildman–Crippen LogP) is 5.10. The van der Waals surface area contributed by atoms with Gasteiger partial charge in [-0.25, -0.2) is 0 Å². The SMILES string of the molecule is CC(C)OC(=O)CCC/C=C/CC1C(Cl)CC(O)C1c1ccc(C(C)(C)CO)cc1. The maximum Gasteiger partial charge on any atom is 0.306 e. The molecule has 168 valence electrons. The van der Waals surface area contributed by atoms with E-state index in [2.05, 4.69) is 24.3 Å². The average Bonchev–Trinajstić information content (AvgIpc) is 2.97. The molecule has 0 amide bonds.